The van der Waals surface area contributed by atoms with Crippen LogP contribution in [0.3, 0.4) is 0 Å². The lowest BCUT2D eigenvalue weighted by molar-refractivity contribution is -0.135. The van der Waals surface area contributed by atoms with E-state index in [4.69, 9.17) is 0 Å². The van der Waals surface area contributed by atoms with Crippen LogP contribution in [0.1, 0.15) is 37.8 Å². The third-order valence-electron chi connectivity index (χ3n) is 5.26. The molecule has 0 aromatic carbocycles. The van der Waals surface area contributed by atoms with E-state index in [2.05, 4.69) is 33.5 Å². The van der Waals surface area contributed by atoms with Crippen LogP contribution in [0.4, 0.5) is 0 Å². The summed E-state index contributed by atoms with van der Waals surface area (Å²) >= 11 is 0. The molecule has 2 amide bonds. The molecule has 0 radical (unpaired) electrons. The van der Waals surface area contributed by atoms with Crippen LogP contribution in [-0.4, -0.2) is 88.1 Å². The number of rotatable bonds is 5. The summed E-state index contributed by atoms with van der Waals surface area (Å²) in [6.07, 6.45) is 1.06. The van der Waals surface area contributed by atoms with Gasteiger partial charge in [-0.3, -0.25) is 9.59 Å². The summed E-state index contributed by atoms with van der Waals surface area (Å²) in [6, 6.07) is 0. The maximum atomic E-state index is 13.0. The molecule has 1 saturated heterocycles. The normalized spacial score (nSPS) is 20.8. The van der Waals surface area contributed by atoms with Crippen LogP contribution < -0.4 is 0 Å². The van der Waals surface area contributed by atoms with Crippen molar-refractivity contribution < 1.29 is 9.59 Å². The van der Waals surface area contributed by atoms with Gasteiger partial charge in [-0.2, -0.15) is 0 Å². The molecule has 144 valence electrons. The molecule has 26 heavy (non-hydrogen) atoms. The summed E-state index contributed by atoms with van der Waals surface area (Å²) in [7, 11) is 3.98. The van der Waals surface area contributed by atoms with E-state index in [0.717, 1.165) is 31.2 Å². The minimum absolute atomic E-state index is 0.0965. The van der Waals surface area contributed by atoms with Gasteiger partial charge >= 0.3 is 0 Å². The van der Waals surface area contributed by atoms with Gasteiger partial charge < -0.3 is 19.3 Å². The Morgan fingerprint density at radius 1 is 1.23 bits per heavy atom. The van der Waals surface area contributed by atoms with Crippen LogP contribution in [0, 0.1) is 5.92 Å². The Labute approximate surface area is 155 Å². The van der Waals surface area contributed by atoms with Crippen LogP contribution >= 0.6 is 0 Å². The zero-order chi connectivity index (χ0) is 18.8. The van der Waals surface area contributed by atoms with Crippen molar-refractivity contribution in [1.82, 2.24) is 29.5 Å². The zero-order valence-electron chi connectivity index (χ0n) is 16.3. The van der Waals surface area contributed by atoms with Gasteiger partial charge in [0.1, 0.15) is 11.6 Å². The maximum Gasteiger partial charge on any atom is 0.228 e. The molecule has 1 unspecified atom stereocenters. The van der Waals surface area contributed by atoms with Crippen LogP contribution in [0.25, 0.3) is 0 Å². The van der Waals surface area contributed by atoms with E-state index in [-0.39, 0.29) is 17.7 Å². The maximum absolute atomic E-state index is 13.0. The highest BCUT2D eigenvalue weighted by Gasteiger charge is 2.36. The van der Waals surface area contributed by atoms with Crippen LogP contribution in [0.2, 0.25) is 0 Å². The highest BCUT2D eigenvalue weighted by atomic mass is 16.2. The first kappa shape index (κ1) is 18.8. The molecule has 3 heterocycles. The van der Waals surface area contributed by atoms with Crippen molar-refractivity contribution in [2.45, 2.75) is 39.2 Å². The lowest BCUT2D eigenvalue weighted by Crippen LogP contribution is -2.40. The summed E-state index contributed by atoms with van der Waals surface area (Å²) in [5, 5.41) is 8.60. The Kier molecular flexibility index (Phi) is 5.60. The summed E-state index contributed by atoms with van der Waals surface area (Å²) in [5.41, 5.74) is 0. The summed E-state index contributed by atoms with van der Waals surface area (Å²) in [6.45, 7) is 8.31. The predicted octanol–water partition coefficient (Wildman–Crippen LogP) is 0.196. The Morgan fingerprint density at radius 2 is 2.00 bits per heavy atom. The van der Waals surface area contributed by atoms with E-state index in [9.17, 15) is 9.59 Å². The Balaban J connectivity index is 1.60. The third-order valence-corrected chi connectivity index (χ3v) is 5.26. The molecule has 0 saturated carbocycles. The van der Waals surface area contributed by atoms with Crippen molar-refractivity contribution in [1.29, 1.82) is 0 Å². The lowest BCUT2D eigenvalue weighted by Gasteiger charge is -2.24. The smallest absolute Gasteiger partial charge is 0.228 e. The molecule has 3 rings (SSSR count). The fraction of sp³-hybridized carbons (Fsp3) is 0.778. The number of likely N-dealkylation sites (N-methyl/N-ethyl adjacent to an activating group) is 1. The van der Waals surface area contributed by atoms with Gasteiger partial charge in [-0.05, 0) is 14.1 Å². The molecule has 2 aliphatic rings. The molecule has 1 aromatic rings. The fourth-order valence-corrected chi connectivity index (χ4v) is 3.73. The Hall–Kier alpha value is -1.96. The van der Waals surface area contributed by atoms with Gasteiger partial charge in [0, 0.05) is 58.0 Å². The molecular formula is C18H30N6O2. The molecule has 8 nitrogen and oxygen atoms in total. The van der Waals surface area contributed by atoms with Crippen molar-refractivity contribution in [2.24, 2.45) is 5.92 Å². The van der Waals surface area contributed by atoms with Gasteiger partial charge in [0.05, 0.1) is 5.92 Å². The van der Waals surface area contributed by atoms with E-state index in [0.29, 0.717) is 38.5 Å². The number of likely N-dealkylation sites (tertiary alicyclic amines) is 1. The average Bonchev–Trinajstić information content (AvgIpc) is 3.10. The van der Waals surface area contributed by atoms with Crippen molar-refractivity contribution >= 4 is 11.8 Å². The number of carbonyl (C=O) groups is 2. The third kappa shape index (κ3) is 3.90. The van der Waals surface area contributed by atoms with Crippen molar-refractivity contribution in [3.8, 4) is 0 Å². The number of carbonyl (C=O) groups excluding carboxylic acids is 2. The summed E-state index contributed by atoms with van der Waals surface area (Å²) < 4.78 is 2.15. The molecule has 2 aliphatic heterocycles. The van der Waals surface area contributed by atoms with Gasteiger partial charge in [0.2, 0.25) is 11.8 Å². The van der Waals surface area contributed by atoms with E-state index in [1.807, 2.05) is 23.9 Å². The van der Waals surface area contributed by atoms with Crippen molar-refractivity contribution in [2.75, 3.05) is 46.8 Å². The highest BCUT2D eigenvalue weighted by Crippen LogP contribution is 2.22. The van der Waals surface area contributed by atoms with Crippen LogP contribution in [-0.2, 0) is 22.6 Å². The highest BCUT2D eigenvalue weighted by molar-refractivity contribution is 5.89. The molecule has 8 heteroatoms. The standard InChI is InChI=1S/C18H30N6O2/c1-13(2)17-20-19-15-5-6-22(9-10-24(15)17)18(26)14-11-16(25)23(12-14)8-7-21(3)4/h13-14H,5-12H2,1-4H3. The number of aromatic nitrogens is 3. The summed E-state index contributed by atoms with van der Waals surface area (Å²) in [4.78, 5) is 31.0. The van der Waals surface area contributed by atoms with Crippen molar-refractivity contribution in [3.63, 3.8) is 0 Å². The number of amides is 2. The minimum Gasteiger partial charge on any atom is -0.341 e. The van der Waals surface area contributed by atoms with E-state index >= 15 is 0 Å². The average molecular weight is 362 g/mol. The Bertz CT molecular complexity index is 669. The van der Waals surface area contributed by atoms with Crippen molar-refractivity contribution in [3.05, 3.63) is 11.6 Å². The number of fused-ring (bicyclic) bond motifs is 1. The first-order chi connectivity index (χ1) is 12.4. The molecule has 1 atom stereocenters. The first-order valence-corrected chi connectivity index (χ1v) is 9.50. The second kappa shape index (κ2) is 7.73. The van der Waals surface area contributed by atoms with E-state index < -0.39 is 0 Å². The molecule has 0 aliphatic carbocycles. The molecule has 1 fully saturated rings. The quantitative estimate of drug-likeness (QED) is 0.748. The second-order valence-corrected chi connectivity index (χ2v) is 7.90. The summed E-state index contributed by atoms with van der Waals surface area (Å²) in [5.74, 6) is 2.25. The second-order valence-electron chi connectivity index (χ2n) is 7.90. The minimum atomic E-state index is -0.210. The first-order valence-electron chi connectivity index (χ1n) is 9.50. The van der Waals surface area contributed by atoms with Gasteiger partial charge in [0.15, 0.2) is 0 Å². The lowest BCUT2D eigenvalue weighted by atomic mass is 10.1. The van der Waals surface area contributed by atoms with Gasteiger partial charge in [-0.25, -0.2) is 0 Å². The molecule has 1 aromatic heterocycles. The number of hydrogen-bond donors (Lipinski definition) is 0. The molecule has 0 spiro atoms. The molecular weight excluding hydrogens is 332 g/mol. The monoisotopic (exact) mass is 362 g/mol. The Morgan fingerprint density at radius 3 is 2.69 bits per heavy atom. The van der Waals surface area contributed by atoms with Crippen LogP contribution in [0.15, 0.2) is 0 Å². The number of hydrogen-bond acceptors (Lipinski definition) is 5. The van der Waals surface area contributed by atoms with Gasteiger partial charge in [-0.15, -0.1) is 10.2 Å². The van der Waals surface area contributed by atoms with E-state index in [1.54, 1.807) is 0 Å². The van der Waals surface area contributed by atoms with Crippen LogP contribution in [0.5, 0.6) is 0 Å². The van der Waals surface area contributed by atoms with Gasteiger partial charge in [-0.1, -0.05) is 13.8 Å². The van der Waals surface area contributed by atoms with E-state index in [1.165, 1.54) is 0 Å². The fourth-order valence-electron chi connectivity index (χ4n) is 3.73. The number of nitrogens with zero attached hydrogens (tertiary/aromatic N) is 6. The SMILES string of the molecule is CC(C)c1nnc2n1CCN(C(=O)C1CC(=O)N(CCN(C)C)C1)CC2. The zero-order valence-corrected chi connectivity index (χ0v) is 16.3. The molecule has 0 N–H and O–H groups in total. The predicted molar refractivity (Wildman–Crippen MR) is 97.6 cm³/mol. The topological polar surface area (TPSA) is 74.6 Å². The molecule has 0 bridgehead atoms. The van der Waals surface area contributed by atoms with Gasteiger partial charge in [0.25, 0.3) is 0 Å². The largest absolute Gasteiger partial charge is 0.341 e.